The Balaban J connectivity index is 0.000000159. The van der Waals surface area contributed by atoms with Crippen molar-refractivity contribution in [1.82, 2.24) is 39.9 Å². The smallest absolute Gasteiger partial charge is 0.205 e. The number of hydrogen-bond acceptors (Lipinski definition) is 14. The van der Waals surface area contributed by atoms with Crippen molar-refractivity contribution in [3.8, 4) is 215 Å². The van der Waals surface area contributed by atoms with Crippen molar-refractivity contribution in [3.05, 3.63) is 470 Å². The summed E-state index contributed by atoms with van der Waals surface area (Å²) in [6, 6.07) is 130. The van der Waals surface area contributed by atoms with Gasteiger partial charge in [-0.3, -0.25) is 39.9 Å². The van der Waals surface area contributed by atoms with E-state index < -0.39 is 0 Å². The highest BCUT2D eigenvalue weighted by Crippen LogP contribution is 2.53. The zero-order valence-electron chi connectivity index (χ0n) is 76.4. The Morgan fingerprint density at radius 1 is 0.167 bits per heavy atom. The summed E-state index contributed by atoms with van der Waals surface area (Å²) in [4.78, 5) is 42.8. The van der Waals surface area contributed by atoms with Crippen molar-refractivity contribution in [2.75, 3.05) is 0 Å². The minimum absolute atomic E-state index is 0.490. The number of rotatable bonds is 16. The molecule has 0 saturated heterocycles. The van der Waals surface area contributed by atoms with E-state index in [2.05, 4.69) is 353 Å². The summed E-state index contributed by atoms with van der Waals surface area (Å²) in [5, 5.41) is 71.1. The SMILES string of the molecule is [C-]#[N+]c1ccnc(-c2ccc(-c3cc(-c4ccc(-c5cc(C#N)ccn5)cc4)c4ccc5c(-c6ccc(-c7cc(C#N)ccn7)cc6)cc(-c6ccc(-c7cc(C#N)ccn7)cc6)c6ccc3c4c56)cc2)c1.[C-]#[N+]c1cncc(-c2ccc(-c3cc(-c4ccc(-c5cncc(C#N)c5)cc4)c4ccc5c(-c6ccc(-c7cncc(C#N)c7)cc6)cc(-c6ccc(-c7cncc(C#N)c7)cc6)c6ccc3c4c56)cc2)c1. The fraction of sp³-hybridized carbons (Fsp3) is 0. The van der Waals surface area contributed by atoms with Crippen LogP contribution in [-0.4, -0.2) is 39.9 Å². The average molecular weight is 1830 g/mol. The van der Waals surface area contributed by atoms with Gasteiger partial charge in [0.15, 0.2) is 5.69 Å². The van der Waals surface area contributed by atoms with Crippen LogP contribution in [0, 0.1) is 81.1 Å². The molecule has 8 aromatic heterocycles. The fourth-order valence-corrected chi connectivity index (χ4v) is 19.8. The average Bonchev–Trinajstić information content (AvgIpc) is 0.708. The van der Waals surface area contributed by atoms with Crippen LogP contribution in [0.4, 0.5) is 11.4 Å². The van der Waals surface area contributed by atoms with E-state index in [4.69, 9.17) is 13.1 Å². The molecular formula is C128H68N16. The number of pyridine rings is 8. The van der Waals surface area contributed by atoms with Gasteiger partial charge in [-0.2, -0.15) is 31.6 Å². The van der Waals surface area contributed by atoms with Crippen molar-refractivity contribution in [2.24, 2.45) is 0 Å². The maximum absolute atomic E-state index is 9.62. The predicted octanol–water partition coefficient (Wildman–Crippen LogP) is 31.3. The fourth-order valence-electron chi connectivity index (χ4n) is 19.8. The van der Waals surface area contributed by atoms with Crippen LogP contribution in [0.25, 0.3) is 253 Å². The van der Waals surface area contributed by atoms with Gasteiger partial charge in [-0.25, -0.2) is 9.69 Å². The third-order valence-electron chi connectivity index (χ3n) is 26.9. The Kier molecular flexibility index (Phi) is 22.4. The summed E-state index contributed by atoms with van der Waals surface area (Å²) in [7, 11) is 0. The van der Waals surface area contributed by atoms with Crippen LogP contribution in [0.2, 0.25) is 0 Å². The first-order valence-electron chi connectivity index (χ1n) is 46.2. The minimum atomic E-state index is 0.490. The molecule has 24 rings (SSSR count). The molecule has 0 bridgehead atoms. The van der Waals surface area contributed by atoms with E-state index in [1.807, 2.05) is 48.5 Å². The molecule has 16 aromatic carbocycles. The molecule has 16 nitrogen and oxygen atoms in total. The summed E-state index contributed by atoms with van der Waals surface area (Å²) in [6.07, 6.45) is 20.1. The van der Waals surface area contributed by atoms with E-state index in [0.29, 0.717) is 44.8 Å². The van der Waals surface area contributed by atoms with Gasteiger partial charge in [0, 0.05) is 108 Å². The molecule has 8 heterocycles. The first-order chi connectivity index (χ1) is 70.9. The van der Waals surface area contributed by atoms with Gasteiger partial charge in [0.1, 0.15) is 18.2 Å². The summed E-state index contributed by atoms with van der Waals surface area (Å²) in [6.45, 7) is 15.1. The molecule has 0 radical (unpaired) electrons. The topological polar surface area (TPSA) is 255 Å². The molecule has 660 valence electrons. The van der Waals surface area contributed by atoms with Gasteiger partial charge in [0.25, 0.3) is 0 Å². The molecule has 0 aliphatic rings. The van der Waals surface area contributed by atoms with E-state index in [0.717, 1.165) is 243 Å². The van der Waals surface area contributed by atoms with Gasteiger partial charge in [0.05, 0.1) is 87.5 Å². The highest BCUT2D eigenvalue weighted by atomic mass is 14.7. The zero-order chi connectivity index (χ0) is 97.4. The van der Waals surface area contributed by atoms with E-state index in [9.17, 15) is 31.6 Å². The number of nitrogens with zero attached hydrogens (tertiary/aromatic N) is 16. The molecule has 0 fully saturated rings. The Bertz CT molecular complexity index is 8030. The second-order valence-electron chi connectivity index (χ2n) is 35.0. The molecule has 0 unspecified atom stereocenters. The molecule has 0 spiro atoms. The zero-order valence-corrected chi connectivity index (χ0v) is 76.4. The lowest BCUT2D eigenvalue weighted by Gasteiger charge is -2.22. The highest BCUT2D eigenvalue weighted by molar-refractivity contribution is 6.34. The quantitative estimate of drug-likeness (QED) is 0.0644. The maximum atomic E-state index is 9.62. The van der Waals surface area contributed by atoms with Crippen LogP contribution in [0.1, 0.15) is 33.4 Å². The molecule has 0 aliphatic carbocycles. The summed E-state index contributed by atoms with van der Waals surface area (Å²) in [5.74, 6) is 0. The Labute approximate surface area is 827 Å². The van der Waals surface area contributed by atoms with Crippen LogP contribution in [0.5, 0.6) is 0 Å². The first kappa shape index (κ1) is 86.8. The Hall–Kier alpha value is -21.3. The molecule has 0 amide bonds. The Morgan fingerprint density at radius 2 is 0.368 bits per heavy atom. The molecule has 0 atom stereocenters. The van der Waals surface area contributed by atoms with Crippen LogP contribution >= 0.6 is 0 Å². The van der Waals surface area contributed by atoms with Crippen LogP contribution in [-0.2, 0) is 0 Å². The number of hydrogen-bond donors (Lipinski definition) is 0. The molecule has 0 saturated carbocycles. The lowest BCUT2D eigenvalue weighted by atomic mass is 9.81. The van der Waals surface area contributed by atoms with E-state index in [1.54, 1.807) is 98.6 Å². The van der Waals surface area contributed by atoms with Crippen molar-refractivity contribution >= 4 is 76.0 Å². The third kappa shape index (κ3) is 16.2. The van der Waals surface area contributed by atoms with E-state index >= 15 is 0 Å². The van der Waals surface area contributed by atoms with Crippen LogP contribution in [0.3, 0.4) is 0 Å². The van der Waals surface area contributed by atoms with Gasteiger partial charge >= 0.3 is 0 Å². The van der Waals surface area contributed by atoms with Gasteiger partial charge in [0.2, 0.25) is 5.69 Å². The van der Waals surface area contributed by atoms with Crippen LogP contribution in [0.15, 0.2) is 414 Å². The van der Waals surface area contributed by atoms with Crippen LogP contribution < -0.4 is 0 Å². The van der Waals surface area contributed by atoms with Gasteiger partial charge in [-0.1, -0.05) is 243 Å². The highest BCUT2D eigenvalue weighted by Gasteiger charge is 2.26. The van der Waals surface area contributed by atoms with Gasteiger partial charge in [-0.15, -0.1) is 0 Å². The van der Waals surface area contributed by atoms with Gasteiger partial charge in [-0.05, 0) is 284 Å². The van der Waals surface area contributed by atoms with Crippen molar-refractivity contribution in [3.63, 3.8) is 0 Å². The lowest BCUT2D eigenvalue weighted by Crippen LogP contribution is -1.95. The largest absolute Gasteiger partial charge is 0.276 e. The summed E-state index contributed by atoms with van der Waals surface area (Å²) in [5.41, 5.74) is 34.9. The van der Waals surface area contributed by atoms with Crippen molar-refractivity contribution in [1.29, 1.82) is 31.6 Å². The first-order valence-corrected chi connectivity index (χ1v) is 46.2. The van der Waals surface area contributed by atoms with Gasteiger partial charge < -0.3 is 0 Å². The second-order valence-corrected chi connectivity index (χ2v) is 35.0. The van der Waals surface area contributed by atoms with Crippen molar-refractivity contribution < 1.29 is 0 Å². The molecule has 0 N–H and O–H groups in total. The monoisotopic (exact) mass is 1830 g/mol. The van der Waals surface area contributed by atoms with E-state index in [-0.39, 0.29) is 0 Å². The normalized spacial score (nSPS) is 11.0. The third-order valence-corrected chi connectivity index (χ3v) is 26.9. The number of nitriles is 6. The number of benzene rings is 16. The second kappa shape index (κ2) is 37.1. The molecular weight excluding hydrogens is 1760 g/mol. The molecule has 16 heteroatoms. The standard InChI is InChI=1S/2C64H34N8/c1-68-54-25-53(37-72-38-54)45-8-16-49(17-9-45)62-27-61(48-14-6-44(7-15-48)52-24-41(30-67)33-71-36-52)57-19-18-55-59(46-10-2-42(3-11-46)50-22-39(28-65)31-69-34-50)26-60(56-20-21-58(62)64(57)63(55)56)47-12-4-43(5-13-47)51-23-40(29-66)32-70-35-51;1-68-50-25-29-72-62(33-50)49-16-8-45(9-17-49)58-35-57(44-6-14-48(15-7-44)61-32-41(38-67)24-28-71-61)53-19-18-51-55(42-2-10-46(11-3-42)59-30-39(36-65)22-26-69-59)34-56(52-20-21-54(58)64(53)63(51)52)43-4-12-47(13-5-43)60-31-40(37-66)23-27-70-60/h2-27,31-38H;2-35H. The lowest BCUT2D eigenvalue weighted by molar-refractivity contribution is 1.30. The number of aromatic nitrogens is 8. The maximum Gasteiger partial charge on any atom is 0.205 e. The summed E-state index contributed by atoms with van der Waals surface area (Å²) >= 11 is 0. The molecule has 24 aromatic rings. The van der Waals surface area contributed by atoms with Crippen molar-refractivity contribution in [2.45, 2.75) is 0 Å². The Morgan fingerprint density at radius 3 is 0.597 bits per heavy atom. The molecule has 0 aliphatic heterocycles. The van der Waals surface area contributed by atoms with E-state index in [1.165, 1.54) is 0 Å². The minimum Gasteiger partial charge on any atom is -0.276 e. The summed E-state index contributed by atoms with van der Waals surface area (Å²) < 4.78 is 0. The molecule has 144 heavy (non-hydrogen) atoms. The predicted molar refractivity (Wildman–Crippen MR) is 570 cm³/mol.